The Balaban J connectivity index is 1.49. The summed E-state index contributed by atoms with van der Waals surface area (Å²) in [5.74, 6) is 1.43. The highest BCUT2D eigenvalue weighted by molar-refractivity contribution is 5.48. The first kappa shape index (κ1) is 16.9. The van der Waals surface area contributed by atoms with Gasteiger partial charge in [-0.25, -0.2) is 0 Å². The SMILES string of the molecule is Cc1nc(CN2CCC[C@@H](N(C)C/C=C\c3ccccc3)C2)no1. The summed E-state index contributed by atoms with van der Waals surface area (Å²) in [7, 11) is 2.21. The molecule has 1 aromatic carbocycles. The van der Waals surface area contributed by atoms with Crippen molar-refractivity contribution in [3.8, 4) is 0 Å². The average Bonchev–Trinajstić information content (AvgIpc) is 3.01. The molecule has 0 saturated carbocycles. The van der Waals surface area contributed by atoms with Gasteiger partial charge < -0.3 is 4.52 Å². The Hall–Kier alpha value is -1.98. The van der Waals surface area contributed by atoms with E-state index in [1.54, 1.807) is 0 Å². The Morgan fingerprint density at radius 1 is 1.33 bits per heavy atom. The Labute approximate surface area is 144 Å². The summed E-state index contributed by atoms with van der Waals surface area (Å²) < 4.78 is 5.07. The van der Waals surface area contributed by atoms with Crippen molar-refractivity contribution in [3.63, 3.8) is 0 Å². The highest BCUT2D eigenvalue weighted by Crippen LogP contribution is 2.16. The highest BCUT2D eigenvalue weighted by Gasteiger charge is 2.23. The number of benzene rings is 1. The van der Waals surface area contributed by atoms with Crippen LogP contribution in [0.25, 0.3) is 6.08 Å². The van der Waals surface area contributed by atoms with Crippen molar-refractivity contribution in [2.24, 2.45) is 0 Å². The van der Waals surface area contributed by atoms with Gasteiger partial charge in [-0.1, -0.05) is 47.6 Å². The second-order valence-corrected chi connectivity index (χ2v) is 6.51. The largest absolute Gasteiger partial charge is 0.340 e. The number of nitrogens with zero attached hydrogens (tertiary/aromatic N) is 4. The van der Waals surface area contributed by atoms with E-state index in [9.17, 15) is 0 Å². The highest BCUT2D eigenvalue weighted by atomic mass is 16.5. The van der Waals surface area contributed by atoms with Gasteiger partial charge in [-0.15, -0.1) is 0 Å². The van der Waals surface area contributed by atoms with Crippen LogP contribution in [0, 0.1) is 6.92 Å². The number of hydrogen-bond acceptors (Lipinski definition) is 5. The molecular weight excluding hydrogens is 300 g/mol. The van der Waals surface area contributed by atoms with Crippen molar-refractivity contribution in [1.82, 2.24) is 19.9 Å². The molecule has 5 nitrogen and oxygen atoms in total. The molecule has 0 bridgehead atoms. The Morgan fingerprint density at radius 3 is 2.92 bits per heavy atom. The molecule has 0 spiro atoms. The van der Waals surface area contributed by atoms with Crippen LogP contribution >= 0.6 is 0 Å². The molecule has 3 rings (SSSR count). The molecule has 1 atom stereocenters. The van der Waals surface area contributed by atoms with Gasteiger partial charge in [0.1, 0.15) is 0 Å². The second-order valence-electron chi connectivity index (χ2n) is 6.51. The Kier molecular flexibility index (Phi) is 5.77. The first-order valence-corrected chi connectivity index (χ1v) is 8.64. The summed E-state index contributed by atoms with van der Waals surface area (Å²) in [5, 5.41) is 4.01. The molecule has 2 aromatic rings. The van der Waals surface area contributed by atoms with E-state index in [1.807, 2.05) is 13.0 Å². The minimum Gasteiger partial charge on any atom is -0.340 e. The topological polar surface area (TPSA) is 45.4 Å². The molecule has 1 fully saturated rings. The molecule has 0 N–H and O–H groups in total. The fourth-order valence-corrected chi connectivity index (χ4v) is 3.21. The third kappa shape index (κ3) is 4.76. The summed E-state index contributed by atoms with van der Waals surface area (Å²) in [5.41, 5.74) is 1.25. The van der Waals surface area contributed by atoms with E-state index in [0.717, 1.165) is 32.0 Å². The monoisotopic (exact) mass is 326 g/mol. The van der Waals surface area contributed by atoms with Gasteiger partial charge in [0.05, 0.1) is 6.54 Å². The zero-order valence-electron chi connectivity index (χ0n) is 14.6. The summed E-state index contributed by atoms with van der Waals surface area (Å²) in [4.78, 5) is 9.18. The van der Waals surface area contributed by atoms with Crippen LogP contribution in [-0.2, 0) is 6.54 Å². The van der Waals surface area contributed by atoms with Crippen LogP contribution in [0.4, 0.5) is 0 Å². The van der Waals surface area contributed by atoms with Crippen LogP contribution in [0.2, 0.25) is 0 Å². The fraction of sp³-hybridized carbons (Fsp3) is 0.474. The van der Waals surface area contributed by atoms with E-state index < -0.39 is 0 Å². The quantitative estimate of drug-likeness (QED) is 0.816. The average molecular weight is 326 g/mol. The summed E-state index contributed by atoms with van der Waals surface area (Å²) in [6, 6.07) is 11.0. The van der Waals surface area contributed by atoms with Gasteiger partial charge >= 0.3 is 0 Å². The van der Waals surface area contributed by atoms with Crippen molar-refractivity contribution in [1.29, 1.82) is 0 Å². The predicted octanol–water partition coefficient (Wildman–Crippen LogP) is 2.99. The van der Waals surface area contributed by atoms with Crippen LogP contribution in [0.15, 0.2) is 40.9 Å². The molecule has 2 heterocycles. The maximum absolute atomic E-state index is 5.07. The summed E-state index contributed by atoms with van der Waals surface area (Å²) in [6.45, 7) is 5.75. The molecule has 1 aliphatic heterocycles. The van der Waals surface area contributed by atoms with Gasteiger partial charge in [-0.05, 0) is 32.0 Å². The number of likely N-dealkylation sites (N-methyl/N-ethyl adjacent to an activating group) is 1. The maximum Gasteiger partial charge on any atom is 0.223 e. The van der Waals surface area contributed by atoms with Gasteiger partial charge in [0.15, 0.2) is 5.82 Å². The number of likely N-dealkylation sites (tertiary alicyclic amines) is 1. The molecule has 128 valence electrons. The molecule has 0 aliphatic carbocycles. The van der Waals surface area contributed by atoms with Gasteiger partial charge in [0, 0.05) is 26.1 Å². The molecule has 5 heteroatoms. The molecule has 1 aromatic heterocycles. The number of piperidine rings is 1. The predicted molar refractivity (Wildman–Crippen MR) is 95.4 cm³/mol. The number of aromatic nitrogens is 2. The molecule has 1 aliphatic rings. The fourth-order valence-electron chi connectivity index (χ4n) is 3.21. The van der Waals surface area contributed by atoms with Crippen molar-refractivity contribution >= 4 is 6.08 Å². The first-order valence-electron chi connectivity index (χ1n) is 8.64. The molecule has 0 unspecified atom stereocenters. The van der Waals surface area contributed by atoms with Gasteiger partial charge in [-0.3, -0.25) is 9.80 Å². The minimum atomic E-state index is 0.576. The van der Waals surface area contributed by atoms with Gasteiger partial charge in [0.25, 0.3) is 0 Å². The van der Waals surface area contributed by atoms with Crippen LogP contribution in [0.5, 0.6) is 0 Å². The number of hydrogen-bond donors (Lipinski definition) is 0. The van der Waals surface area contributed by atoms with Crippen molar-refractivity contribution in [3.05, 3.63) is 53.7 Å². The molecule has 1 saturated heterocycles. The van der Waals surface area contributed by atoms with E-state index in [0.29, 0.717) is 11.9 Å². The van der Waals surface area contributed by atoms with Crippen LogP contribution in [0.1, 0.15) is 30.1 Å². The molecule has 24 heavy (non-hydrogen) atoms. The Bertz CT molecular complexity index is 652. The lowest BCUT2D eigenvalue weighted by Gasteiger charge is -2.36. The third-order valence-electron chi connectivity index (χ3n) is 4.54. The lowest BCUT2D eigenvalue weighted by atomic mass is 10.0. The van der Waals surface area contributed by atoms with E-state index >= 15 is 0 Å². The third-order valence-corrected chi connectivity index (χ3v) is 4.54. The first-order chi connectivity index (χ1) is 11.7. The van der Waals surface area contributed by atoms with Crippen molar-refractivity contribution in [2.75, 3.05) is 26.7 Å². The van der Waals surface area contributed by atoms with Crippen LogP contribution in [-0.4, -0.2) is 52.7 Å². The van der Waals surface area contributed by atoms with E-state index in [1.165, 1.54) is 18.4 Å². The van der Waals surface area contributed by atoms with Gasteiger partial charge in [0.2, 0.25) is 5.89 Å². The summed E-state index contributed by atoms with van der Waals surface area (Å²) in [6.07, 6.45) is 6.90. The van der Waals surface area contributed by atoms with Crippen molar-refractivity contribution in [2.45, 2.75) is 32.4 Å². The van der Waals surface area contributed by atoms with E-state index in [2.05, 4.69) is 63.4 Å². The smallest absolute Gasteiger partial charge is 0.223 e. The molecule has 0 amide bonds. The van der Waals surface area contributed by atoms with Crippen LogP contribution in [0.3, 0.4) is 0 Å². The zero-order chi connectivity index (χ0) is 16.8. The van der Waals surface area contributed by atoms with E-state index in [-0.39, 0.29) is 0 Å². The normalized spacial score (nSPS) is 19.4. The maximum atomic E-state index is 5.07. The Morgan fingerprint density at radius 2 is 2.17 bits per heavy atom. The number of aryl methyl sites for hydroxylation is 1. The summed E-state index contributed by atoms with van der Waals surface area (Å²) >= 11 is 0. The van der Waals surface area contributed by atoms with Crippen molar-refractivity contribution < 1.29 is 4.52 Å². The second kappa shape index (κ2) is 8.22. The minimum absolute atomic E-state index is 0.576. The molecule has 0 radical (unpaired) electrons. The van der Waals surface area contributed by atoms with E-state index in [4.69, 9.17) is 4.52 Å². The lowest BCUT2D eigenvalue weighted by Crippen LogP contribution is -2.46. The van der Waals surface area contributed by atoms with Gasteiger partial charge in [-0.2, -0.15) is 4.98 Å². The lowest BCUT2D eigenvalue weighted by molar-refractivity contribution is 0.116. The molecular formula is C19H26N4O. The standard InChI is InChI=1S/C19H26N4O/c1-16-20-19(21-24-16)15-23-13-7-11-18(14-23)22(2)12-6-10-17-8-4-3-5-9-17/h3-6,8-10,18H,7,11-15H2,1-2H3/b10-6-/t18-/m1/s1. The van der Waals surface area contributed by atoms with Crippen LogP contribution < -0.4 is 0 Å². The zero-order valence-corrected chi connectivity index (χ0v) is 14.6. The number of rotatable bonds is 6.